The summed E-state index contributed by atoms with van der Waals surface area (Å²) in [4.78, 5) is 32.6. The minimum Gasteiger partial charge on any atom is -0.461 e. The van der Waals surface area contributed by atoms with Crippen LogP contribution in [0.1, 0.15) is 70.2 Å². The SMILES string of the molecule is CC(C)[C@H]1N(C(=O)n2cnc(C(F)F)n2)C[C@]12CCCCN(c1nc(OC[C@@]34CCCN3C[C@H](F)C4)nc3c(F)c(-c4ccc(F)c5sc(N)c(C#N)c45)c(Cl)cc13)C2. The van der Waals surface area contributed by atoms with Crippen LogP contribution in [0.15, 0.2) is 24.5 Å². The summed E-state index contributed by atoms with van der Waals surface area (Å²) in [5, 5.41) is 14.2. The molecule has 310 valence electrons. The lowest BCUT2D eigenvalue weighted by Gasteiger charge is -2.59. The van der Waals surface area contributed by atoms with Gasteiger partial charge in [0.25, 0.3) is 6.43 Å². The second kappa shape index (κ2) is 14.7. The largest absolute Gasteiger partial charge is 0.461 e. The first-order valence-electron chi connectivity index (χ1n) is 19.6. The molecule has 0 radical (unpaired) electrons. The van der Waals surface area contributed by atoms with E-state index in [4.69, 9.17) is 27.1 Å². The summed E-state index contributed by atoms with van der Waals surface area (Å²) in [5.41, 5.74) is 5.05. The first-order chi connectivity index (χ1) is 28.2. The van der Waals surface area contributed by atoms with Crippen LogP contribution in [0.4, 0.5) is 37.6 Å². The highest BCUT2D eigenvalue weighted by atomic mass is 35.5. The lowest BCUT2D eigenvalue weighted by molar-refractivity contribution is -0.0649. The van der Waals surface area contributed by atoms with E-state index in [9.17, 15) is 23.2 Å². The van der Waals surface area contributed by atoms with Gasteiger partial charge in [-0.05, 0) is 55.8 Å². The molecule has 0 bridgehead atoms. The number of alkyl halides is 3. The van der Waals surface area contributed by atoms with E-state index in [1.807, 2.05) is 24.8 Å². The molecule has 3 aromatic heterocycles. The minimum absolute atomic E-state index is 0.00597. The smallest absolute Gasteiger partial charge is 0.346 e. The van der Waals surface area contributed by atoms with Gasteiger partial charge in [0.15, 0.2) is 5.82 Å². The van der Waals surface area contributed by atoms with E-state index in [-0.39, 0.29) is 72.3 Å². The molecule has 0 unspecified atom stereocenters. The van der Waals surface area contributed by atoms with Gasteiger partial charge in [0.2, 0.25) is 5.82 Å². The van der Waals surface area contributed by atoms with Gasteiger partial charge in [-0.1, -0.05) is 37.9 Å². The Labute approximate surface area is 344 Å². The van der Waals surface area contributed by atoms with Crippen molar-refractivity contribution < 1.29 is 31.5 Å². The van der Waals surface area contributed by atoms with Crippen LogP contribution in [0.3, 0.4) is 0 Å². The molecule has 0 aliphatic carbocycles. The zero-order valence-electron chi connectivity index (χ0n) is 32.2. The summed E-state index contributed by atoms with van der Waals surface area (Å²) in [6, 6.07) is 5.14. The van der Waals surface area contributed by atoms with Crippen LogP contribution in [0.2, 0.25) is 5.02 Å². The van der Waals surface area contributed by atoms with Gasteiger partial charge in [-0.25, -0.2) is 31.7 Å². The van der Waals surface area contributed by atoms with Gasteiger partial charge in [-0.3, -0.25) is 4.90 Å². The van der Waals surface area contributed by atoms with Gasteiger partial charge >= 0.3 is 12.0 Å². The number of benzene rings is 2. The number of nitrogens with zero attached hydrogens (tertiary/aromatic N) is 9. The molecule has 59 heavy (non-hydrogen) atoms. The number of ether oxygens (including phenoxy) is 1. The fourth-order valence-electron chi connectivity index (χ4n) is 10.3. The highest BCUT2D eigenvalue weighted by Gasteiger charge is 2.57. The number of thiophene rings is 1. The first kappa shape index (κ1) is 39.6. The number of rotatable bonds is 7. The van der Waals surface area contributed by atoms with Crippen LogP contribution < -0.4 is 15.4 Å². The van der Waals surface area contributed by atoms with Crippen molar-refractivity contribution in [2.45, 2.75) is 76.6 Å². The van der Waals surface area contributed by atoms with Crippen molar-refractivity contribution in [1.82, 2.24) is 34.5 Å². The average Bonchev–Trinajstić information content (AvgIpc) is 3.93. The Hall–Kier alpha value is -4.86. The topological polar surface area (TPSA) is 142 Å². The molecule has 9 rings (SSSR count). The lowest BCUT2D eigenvalue weighted by atomic mass is 9.64. The van der Waals surface area contributed by atoms with E-state index in [1.165, 1.54) is 12.1 Å². The summed E-state index contributed by atoms with van der Waals surface area (Å²) in [6.45, 7) is 6.34. The van der Waals surface area contributed by atoms with Crippen molar-refractivity contribution in [3.63, 3.8) is 0 Å². The van der Waals surface area contributed by atoms with Crippen molar-refractivity contribution in [2.24, 2.45) is 11.3 Å². The number of nitriles is 1. The first-order valence-corrected chi connectivity index (χ1v) is 20.8. The van der Waals surface area contributed by atoms with Gasteiger partial charge in [-0.15, -0.1) is 16.4 Å². The number of hydrogen-bond acceptors (Lipinski definition) is 11. The number of amides is 1. The summed E-state index contributed by atoms with van der Waals surface area (Å²) >= 11 is 7.87. The monoisotopic (exact) mass is 854 g/mol. The van der Waals surface area contributed by atoms with Crippen LogP contribution in [0, 0.1) is 34.3 Å². The van der Waals surface area contributed by atoms with Crippen LogP contribution in [-0.4, -0.2) is 97.6 Å². The normalized spacial score (nSPS) is 24.7. The molecule has 5 aromatic rings. The number of halogens is 6. The number of carbonyl (C=O) groups excluding carboxylic acids is 1. The third-order valence-electron chi connectivity index (χ3n) is 12.7. The lowest BCUT2D eigenvalue weighted by Crippen LogP contribution is -2.71. The predicted octanol–water partition coefficient (Wildman–Crippen LogP) is 8.37. The van der Waals surface area contributed by atoms with Crippen molar-refractivity contribution in [3.8, 4) is 23.2 Å². The zero-order valence-corrected chi connectivity index (χ0v) is 33.8. The number of likely N-dealkylation sites (tertiary alicyclic amines) is 1. The molecular formula is C40H40ClF5N10O2S. The molecule has 2 N–H and O–H groups in total. The maximum atomic E-state index is 17.4. The summed E-state index contributed by atoms with van der Waals surface area (Å²) in [6.07, 6.45) is 1.27. The summed E-state index contributed by atoms with van der Waals surface area (Å²) in [7, 11) is 0. The van der Waals surface area contributed by atoms with E-state index in [1.54, 1.807) is 11.0 Å². The molecule has 4 aliphatic heterocycles. The number of nitrogens with two attached hydrogens (primary N) is 1. The molecule has 4 atom stereocenters. The van der Waals surface area contributed by atoms with Gasteiger partial charge in [0.1, 0.15) is 47.3 Å². The van der Waals surface area contributed by atoms with Gasteiger partial charge in [-0.2, -0.15) is 19.9 Å². The number of anilines is 2. The molecule has 1 amide bonds. The summed E-state index contributed by atoms with van der Waals surface area (Å²) in [5.74, 6) is -1.88. The number of fused-ring (bicyclic) bond motifs is 3. The molecule has 0 saturated carbocycles. The number of carbonyl (C=O) groups is 1. The summed E-state index contributed by atoms with van der Waals surface area (Å²) < 4.78 is 81.2. The molecule has 4 fully saturated rings. The van der Waals surface area contributed by atoms with Crippen molar-refractivity contribution in [1.29, 1.82) is 5.26 Å². The predicted molar refractivity (Wildman–Crippen MR) is 213 cm³/mol. The van der Waals surface area contributed by atoms with Crippen LogP contribution in [-0.2, 0) is 0 Å². The second-order valence-electron chi connectivity index (χ2n) is 16.6. The third-order valence-corrected chi connectivity index (χ3v) is 14.0. The molecule has 4 aliphatic rings. The van der Waals surface area contributed by atoms with E-state index in [2.05, 4.69) is 20.0 Å². The van der Waals surface area contributed by atoms with Gasteiger partial charge in [0.05, 0.1) is 20.8 Å². The van der Waals surface area contributed by atoms with E-state index >= 15 is 8.78 Å². The zero-order chi connectivity index (χ0) is 41.5. The Kier molecular flexibility index (Phi) is 9.86. The van der Waals surface area contributed by atoms with Gasteiger partial charge < -0.3 is 20.3 Å². The van der Waals surface area contributed by atoms with Crippen molar-refractivity contribution in [3.05, 3.63) is 52.6 Å². The Morgan fingerprint density at radius 1 is 1.15 bits per heavy atom. The molecule has 4 saturated heterocycles. The fraction of sp³-hybridized carbons (Fsp3) is 0.500. The molecule has 7 heterocycles. The molecular weight excluding hydrogens is 815 g/mol. The van der Waals surface area contributed by atoms with Crippen LogP contribution in [0.5, 0.6) is 6.01 Å². The third kappa shape index (κ3) is 6.42. The number of hydrogen-bond donors (Lipinski definition) is 1. The Morgan fingerprint density at radius 3 is 2.71 bits per heavy atom. The minimum atomic E-state index is -2.93. The fourth-order valence-corrected chi connectivity index (χ4v) is 11.6. The van der Waals surface area contributed by atoms with E-state index in [0.29, 0.717) is 38.4 Å². The second-order valence-corrected chi connectivity index (χ2v) is 18.0. The highest BCUT2D eigenvalue weighted by Crippen LogP contribution is 2.50. The van der Waals surface area contributed by atoms with E-state index < -0.39 is 47.0 Å². The quantitative estimate of drug-likeness (QED) is 0.159. The number of aromatic nitrogens is 5. The standard InChI is InChI=1S/C40H40ClF5N10O2S/c1-20(2)32-39(17-55(32)38(57)56-19-49-35(52-56)33(45)46)8-3-4-10-53(16-39)36-23-12-25(41)28(22-6-7-26(43)31-27(22)24(14-47)34(48)59-31)29(44)30(23)50-37(51-36)58-18-40-9-5-11-54(40)15-21(42)13-40/h6-7,12,19-21,32-33H,3-5,8-11,13,15-18,48H2,1-2H3/t21-,32-,39-,40+/m1/s1. The molecule has 2 aromatic carbocycles. The molecule has 1 spiro atoms. The van der Waals surface area contributed by atoms with Crippen molar-refractivity contribution in [2.75, 3.05) is 50.0 Å². The number of nitrogen functional groups attached to an aromatic ring is 1. The Balaban J connectivity index is 1.15. The molecule has 19 heteroatoms. The Morgan fingerprint density at radius 2 is 1.97 bits per heavy atom. The van der Waals surface area contributed by atoms with E-state index in [0.717, 1.165) is 61.0 Å². The average molecular weight is 855 g/mol. The maximum absolute atomic E-state index is 17.4. The van der Waals surface area contributed by atoms with Crippen LogP contribution in [0.25, 0.3) is 32.1 Å². The maximum Gasteiger partial charge on any atom is 0.346 e. The Bertz CT molecular complexity index is 2550. The highest BCUT2D eigenvalue weighted by molar-refractivity contribution is 7.23. The van der Waals surface area contributed by atoms with Crippen LogP contribution >= 0.6 is 22.9 Å². The van der Waals surface area contributed by atoms with Gasteiger partial charge in [0, 0.05) is 60.4 Å². The molecule has 12 nitrogen and oxygen atoms in total. The van der Waals surface area contributed by atoms with Crippen molar-refractivity contribution >= 4 is 60.8 Å².